The van der Waals surface area contributed by atoms with Crippen LogP contribution in [-0.2, 0) is 13.0 Å². The first-order valence-corrected chi connectivity index (χ1v) is 10.1. The molecule has 0 aliphatic carbocycles. The van der Waals surface area contributed by atoms with Gasteiger partial charge in [-0.1, -0.05) is 0 Å². The van der Waals surface area contributed by atoms with Crippen LogP contribution in [-0.4, -0.2) is 48.3 Å². The van der Waals surface area contributed by atoms with E-state index in [4.69, 9.17) is 19.2 Å². The van der Waals surface area contributed by atoms with Gasteiger partial charge in [-0.15, -0.1) is 0 Å². The van der Waals surface area contributed by atoms with Gasteiger partial charge in [0, 0.05) is 32.9 Å². The molecule has 8 heteroatoms. The smallest absolute Gasteiger partial charge is 0.257 e. The minimum Gasteiger partial charge on any atom is -0.495 e. The lowest BCUT2D eigenvalue weighted by Gasteiger charge is -2.18. The molecule has 4 aromatic rings. The predicted octanol–water partition coefficient (Wildman–Crippen LogP) is 3.67. The van der Waals surface area contributed by atoms with Crippen LogP contribution in [0.3, 0.4) is 0 Å². The third-order valence-electron chi connectivity index (χ3n) is 4.98. The van der Waals surface area contributed by atoms with E-state index >= 15 is 0 Å². The van der Waals surface area contributed by atoms with Crippen molar-refractivity contribution in [2.24, 2.45) is 0 Å². The first kappa shape index (κ1) is 21.3. The highest BCUT2D eigenvalue weighted by Gasteiger charge is 2.14. The van der Waals surface area contributed by atoms with Gasteiger partial charge >= 0.3 is 0 Å². The Hall–Kier alpha value is -3.94. The zero-order chi connectivity index (χ0) is 22.5. The summed E-state index contributed by atoms with van der Waals surface area (Å²) in [6.07, 6.45) is 5.81. The minimum atomic E-state index is 0.275. The number of anilines is 1. The molecule has 4 aromatic heterocycles. The zero-order valence-electron chi connectivity index (χ0n) is 18.6. The summed E-state index contributed by atoms with van der Waals surface area (Å²) in [6.45, 7) is 0.275. The van der Waals surface area contributed by atoms with Crippen LogP contribution in [0.25, 0.3) is 11.0 Å². The van der Waals surface area contributed by atoms with E-state index < -0.39 is 0 Å². The van der Waals surface area contributed by atoms with Gasteiger partial charge in [-0.25, -0.2) is 9.97 Å². The van der Waals surface area contributed by atoms with Crippen LogP contribution in [0.4, 0.5) is 5.69 Å². The lowest BCUT2D eigenvalue weighted by molar-refractivity contribution is 0.268. The molecule has 0 saturated heterocycles. The summed E-state index contributed by atoms with van der Waals surface area (Å²) >= 11 is 0. The maximum Gasteiger partial charge on any atom is 0.257 e. The third-order valence-corrected chi connectivity index (χ3v) is 4.98. The molecule has 0 amide bonds. The van der Waals surface area contributed by atoms with Crippen molar-refractivity contribution in [3.63, 3.8) is 0 Å². The SMILES string of the molecule is COc1ccc(COc2ncc(Cc3nc4cccnc4cc3N(C)C)cc2OC)nc1. The summed E-state index contributed by atoms with van der Waals surface area (Å²) < 4.78 is 16.5. The van der Waals surface area contributed by atoms with Crippen LogP contribution < -0.4 is 19.1 Å². The Labute approximate surface area is 186 Å². The highest BCUT2D eigenvalue weighted by Crippen LogP contribution is 2.29. The molecule has 0 atom stereocenters. The second kappa shape index (κ2) is 9.47. The summed E-state index contributed by atoms with van der Waals surface area (Å²) in [6, 6.07) is 11.5. The van der Waals surface area contributed by atoms with Gasteiger partial charge < -0.3 is 19.1 Å². The number of aromatic nitrogens is 4. The Morgan fingerprint density at radius 2 is 1.78 bits per heavy atom. The Balaban J connectivity index is 1.55. The predicted molar refractivity (Wildman–Crippen MR) is 123 cm³/mol. The molecule has 8 nitrogen and oxygen atoms in total. The molecule has 4 heterocycles. The molecule has 0 N–H and O–H groups in total. The van der Waals surface area contributed by atoms with Gasteiger partial charge in [0.1, 0.15) is 12.4 Å². The summed E-state index contributed by atoms with van der Waals surface area (Å²) in [5.41, 5.74) is 5.42. The number of rotatable bonds is 8. The highest BCUT2D eigenvalue weighted by atomic mass is 16.5. The molecule has 0 aliphatic heterocycles. The number of hydrogen-bond donors (Lipinski definition) is 0. The highest BCUT2D eigenvalue weighted by molar-refractivity contribution is 5.79. The van der Waals surface area contributed by atoms with Crippen molar-refractivity contribution in [2.45, 2.75) is 13.0 Å². The monoisotopic (exact) mass is 431 g/mol. The normalized spacial score (nSPS) is 10.8. The van der Waals surface area contributed by atoms with Crippen molar-refractivity contribution in [3.8, 4) is 17.4 Å². The zero-order valence-corrected chi connectivity index (χ0v) is 18.6. The molecule has 0 aliphatic rings. The van der Waals surface area contributed by atoms with E-state index in [9.17, 15) is 0 Å². The van der Waals surface area contributed by atoms with Crippen LogP contribution in [0.1, 0.15) is 17.0 Å². The standard InChI is InChI=1S/C24H25N5O3/c1-29(2)22-12-20-19(6-5-9-25-20)28-21(22)10-16-11-23(31-4)24(27-13-16)32-15-17-7-8-18(30-3)14-26-17/h5-9,11-14H,10,15H2,1-4H3. The van der Waals surface area contributed by atoms with Crippen molar-refractivity contribution >= 4 is 16.7 Å². The first-order chi connectivity index (χ1) is 15.6. The molecule has 0 radical (unpaired) electrons. The van der Waals surface area contributed by atoms with Gasteiger partial charge in [0.05, 0.1) is 48.5 Å². The topological polar surface area (TPSA) is 82.5 Å². The number of hydrogen-bond acceptors (Lipinski definition) is 8. The molecule has 164 valence electrons. The van der Waals surface area contributed by atoms with E-state index in [0.717, 1.165) is 33.7 Å². The lowest BCUT2D eigenvalue weighted by atomic mass is 10.1. The van der Waals surface area contributed by atoms with Crippen LogP contribution in [0.5, 0.6) is 17.4 Å². The van der Waals surface area contributed by atoms with Crippen LogP contribution in [0.15, 0.2) is 55.0 Å². The summed E-state index contributed by atoms with van der Waals surface area (Å²) in [5, 5.41) is 0. The molecular formula is C24H25N5O3. The van der Waals surface area contributed by atoms with E-state index in [0.29, 0.717) is 23.8 Å². The molecule has 0 bridgehead atoms. The fourth-order valence-corrected chi connectivity index (χ4v) is 3.32. The summed E-state index contributed by atoms with van der Waals surface area (Å²) in [5.74, 6) is 1.67. The second-order valence-electron chi connectivity index (χ2n) is 7.40. The van der Waals surface area contributed by atoms with Gasteiger partial charge in [0.25, 0.3) is 5.88 Å². The van der Waals surface area contributed by atoms with Crippen molar-refractivity contribution in [3.05, 3.63) is 71.9 Å². The fraction of sp³-hybridized carbons (Fsp3) is 0.250. The van der Waals surface area contributed by atoms with Crippen molar-refractivity contribution in [2.75, 3.05) is 33.2 Å². The van der Waals surface area contributed by atoms with E-state index in [1.807, 2.05) is 49.3 Å². The minimum absolute atomic E-state index is 0.275. The molecular weight excluding hydrogens is 406 g/mol. The quantitative estimate of drug-likeness (QED) is 0.418. The maximum absolute atomic E-state index is 5.84. The maximum atomic E-state index is 5.84. The number of fused-ring (bicyclic) bond motifs is 1. The van der Waals surface area contributed by atoms with Gasteiger partial charge in [-0.2, -0.15) is 0 Å². The Morgan fingerprint density at radius 3 is 2.50 bits per heavy atom. The molecule has 4 rings (SSSR count). The average molecular weight is 431 g/mol. The van der Waals surface area contributed by atoms with Gasteiger partial charge in [0.2, 0.25) is 0 Å². The van der Waals surface area contributed by atoms with Gasteiger partial charge in [-0.05, 0) is 42.0 Å². The van der Waals surface area contributed by atoms with Crippen molar-refractivity contribution in [1.29, 1.82) is 0 Å². The van der Waals surface area contributed by atoms with Crippen molar-refractivity contribution in [1.82, 2.24) is 19.9 Å². The third kappa shape index (κ3) is 4.69. The van der Waals surface area contributed by atoms with Crippen LogP contribution >= 0.6 is 0 Å². The van der Waals surface area contributed by atoms with E-state index in [1.165, 1.54) is 0 Å². The van der Waals surface area contributed by atoms with Crippen LogP contribution in [0, 0.1) is 0 Å². The summed E-state index contributed by atoms with van der Waals surface area (Å²) in [4.78, 5) is 20.1. The van der Waals surface area contributed by atoms with E-state index in [1.54, 1.807) is 32.8 Å². The first-order valence-electron chi connectivity index (χ1n) is 10.1. The molecule has 0 spiro atoms. The Morgan fingerprint density at radius 1 is 0.906 bits per heavy atom. The van der Waals surface area contributed by atoms with Crippen molar-refractivity contribution < 1.29 is 14.2 Å². The Kier molecular flexibility index (Phi) is 6.30. The van der Waals surface area contributed by atoms with Crippen LogP contribution in [0.2, 0.25) is 0 Å². The number of ether oxygens (including phenoxy) is 3. The van der Waals surface area contributed by atoms with Gasteiger partial charge in [0.15, 0.2) is 5.75 Å². The fourth-order valence-electron chi connectivity index (χ4n) is 3.32. The van der Waals surface area contributed by atoms with E-state index in [2.05, 4.69) is 21.0 Å². The van der Waals surface area contributed by atoms with Gasteiger partial charge in [-0.3, -0.25) is 9.97 Å². The molecule has 0 unspecified atom stereocenters. The second-order valence-corrected chi connectivity index (χ2v) is 7.40. The lowest BCUT2D eigenvalue weighted by Crippen LogP contribution is -2.13. The number of methoxy groups -OCH3 is 2. The number of nitrogens with zero attached hydrogens (tertiary/aromatic N) is 5. The largest absolute Gasteiger partial charge is 0.495 e. The Bertz CT molecular complexity index is 1210. The molecule has 0 aromatic carbocycles. The number of pyridine rings is 4. The molecule has 32 heavy (non-hydrogen) atoms. The molecule has 0 saturated carbocycles. The summed E-state index contributed by atoms with van der Waals surface area (Å²) in [7, 11) is 7.20. The van der Waals surface area contributed by atoms with E-state index in [-0.39, 0.29) is 6.61 Å². The average Bonchev–Trinajstić information content (AvgIpc) is 2.82. The molecule has 0 fully saturated rings.